The molecule has 0 aliphatic heterocycles. The standard InChI is InChI=1S/C17H20N4O2/c1-3-22-14-9-8-13(16(11-14)23-4-2)12-20-21-17(18)15-7-5-6-10-19-15/h5-12H,3-4H2,1-2H3,(H2,18,21)/b20-12+. The summed E-state index contributed by atoms with van der Waals surface area (Å²) >= 11 is 0. The van der Waals surface area contributed by atoms with Crippen LogP contribution in [0.3, 0.4) is 0 Å². The molecule has 0 aliphatic carbocycles. The minimum atomic E-state index is 0.255. The summed E-state index contributed by atoms with van der Waals surface area (Å²) in [4.78, 5) is 4.11. The maximum atomic E-state index is 5.84. The van der Waals surface area contributed by atoms with Gasteiger partial charge in [-0.3, -0.25) is 4.98 Å². The van der Waals surface area contributed by atoms with Crippen molar-refractivity contribution in [3.05, 3.63) is 53.9 Å². The van der Waals surface area contributed by atoms with Crippen LogP contribution in [0.4, 0.5) is 0 Å². The molecule has 0 saturated heterocycles. The Labute approximate surface area is 135 Å². The Hall–Kier alpha value is -2.89. The van der Waals surface area contributed by atoms with Crippen molar-refractivity contribution in [2.24, 2.45) is 15.9 Å². The van der Waals surface area contributed by atoms with Crippen molar-refractivity contribution in [3.63, 3.8) is 0 Å². The Kier molecular flexibility index (Phi) is 6.11. The van der Waals surface area contributed by atoms with Gasteiger partial charge in [-0.15, -0.1) is 5.10 Å². The van der Waals surface area contributed by atoms with E-state index in [2.05, 4.69) is 15.2 Å². The van der Waals surface area contributed by atoms with Crippen LogP contribution >= 0.6 is 0 Å². The quantitative estimate of drug-likeness (QED) is 0.484. The highest BCUT2D eigenvalue weighted by Crippen LogP contribution is 2.24. The van der Waals surface area contributed by atoms with E-state index in [9.17, 15) is 0 Å². The number of benzene rings is 1. The summed E-state index contributed by atoms with van der Waals surface area (Å²) in [6.45, 7) is 5.01. The second-order valence-electron chi connectivity index (χ2n) is 4.51. The molecule has 6 heteroatoms. The van der Waals surface area contributed by atoms with Crippen molar-refractivity contribution in [2.45, 2.75) is 13.8 Å². The van der Waals surface area contributed by atoms with E-state index in [1.54, 1.807) is 18.5 Å². The van der Waals surface area contributed by atoms with Crippen LogP contribution in [0.15, 0.2) is 52.8 Å². The number of rotatable bonds is 7. The maximum absolute atomic E-state index is 5.84. The average molecular weight is 312 g/mol. The number of pyridine rings is 1. The summed E-state index contributed by atoms with van der Waals surface area (Å²) in [5.41, 5.74) is 7.23. The number of amidine groups is 1. The molecule has 6 nitrogen and oxygen atoms in total. The van der Waals surface area contributed by atoms with E-state index in [1.165, 1.54) is 0 Å². The molecule has 1 aromatic carbocycles. The molecule has 0 atom stereocenters. The van der Waals surface area contributed by atoms with Gasteiger partial charge in [-0.2, -0.15) is 5.10 Å². The zero-order valence-electron chi connectivity index (χ0n) is 13.3. The SMILES string of the molecule is CCOc1ccc(/C=N/N=C(/N)c2ccccn2)c(OCC)c1. The molecule has 0 aliphatic rings. The summed E-state index contributed by atoms with van der Waals surface area (Å²) in [6, 6.07) is 11.0. The summed E-state index contributed by atoms with van der Waals surface area (Å²) in [5, 5.41) is 7.98. The van der Waals surface area contributed by atoms with Gasteiger partial charge >= 0.3 is 0 Å². The van der Waals surface area contributed by atoms with E-state index in [0.29, 0.717) is 24.7 Å². The molecule has 0 amide bonds. The molecule has 0 bridgehead atoms. The largest absolute Gasteiger partial charge is 0.494 e. The number of ether oxygens (including phenoxy) is 2. The minimum Gasteiger partial charge on any atom is -0.494 e. The fourth-order valence-electron chi connectivity index (χ4n) is 1.88. The van der Waals surface area contributed by atoms with E-state index in [-0.39, 0.29) is 5.84 Å². The van der Waals surface area contributed by atoms with E-state index in [0.717, 1.165) is 11.3 Å². The van der Waals surface area contributed by atoms with Crippen LogP contribution < -0.4 is 15.2 Å². The third kappa shape index (κ3) is 4.81. The number of hydrogen-bond donors (Lipinski definition) is 1. The van der Waals surface area contributed by atoms with Crippen molar-refractivity contribution >= 4 is 12.1 Å². The Balaban J connectivity index is 2.18. The van der Waals surface area contributed by atoms with Crippen molar-refractivity contribution in [1.29, 1.82) is 0 Å². The minimum absolute atomic E-state index is 0.255. The molecule has 1 aromatic heterocycles. The highest BCUT2D eigenvalue weighted by molar-refractivity contribution is 5.96. The first-order valence-electron chi connectivity index (χ1n) is 7.42. The van der Waals surface area contributed by atoms with E-state index >= 15 is 0 Å². The third-order valence-electron chi connectivity index (χ3n) is 2.89. The summed E-state index contributed by atoms with van der Waals surface area (Å²) < 4.78 is 11.1. The van der Waals surface area contributed by atoms with Crippen molar-refractivity contribution < 1.29 is 9.47 Å². The highest BCUT2D eigenvalue weighted by Gasteiger charge is 2.04. The fraction of sp³-hybridized carbons (Fsp3) is 0.235. The average Bonchev–Trinajstić information content (AvgIpc) is 2.58. The topological polar surface area (TPSA) is 82.1 Å². The lowest BCUT2D eigenvalue weighted by molar-refractivity contribution is 0.323. The van der Waals surface area contributed by atoms with Gasteiger partial charge in [0.25, 0.3) is 0 Å². The van der Waals surface area contributed by atoms with Gasteiger partial charge in [-0.1, -0.05) is 6.07 Å². The summed E-state index contributed by atoms with van der Waals surface area (Å²) in [6.07, 6.45) is 3.25. The van der Waals surface area contributed by atoms with Crippen molar-refractivity contribution in [3.8, 4) is 11.5 Å². The third-order valence-corrected chi connectivity index (χ3v) is 2.89. The van der Waals surface area contributed by atoms with Gasteiger partial charge in [0.05, 0.1) is 19.4 Å². The van der Waals surface area contributed by atoms with Gasteiger partial charge < -0.3 is 15.2 Å². The van der Waals surface area contributed by atoms with Crippen LogP contribution in [0.25, 0.3) is 0 Å². The second-order valence-corrected chi connectivity index (χ2v) is 4.51. The van der Waals surface area contributed by atoms with Crippen LogP contribution in [-0.2, 0) is 0 Å². The van der Waals surface area contributed by atoms with Gasteiger partial charge in [-0.25, -0.2) is 0 Å². The molecule has 0 fully saturated rings. The highest BCUT2D eigenvalue weighted by atomic mass is 16.5. The van der Waals surface area contributed by atoms with Crippen molar-refractivity contribution in [2.75, 3.05) is 13.2 Å². The molecule has 0 spiro atoms. The molecule has 2 aromatic rings. The van der Waals surface area contributed by atoms with Gasteiger partial charge in [-0.05, 0) is 38.1 Å². The first-order valence-corrected chi connectivity index (χ1v) is 7.42. The summed E-state index contributed by atoms with van der Waals surface area (Å²) in [7, 11) is 0. The van der Waals surface area contributed by atoms with Crippen LogP contribution in [0.5, 0.6) is 11.5 Å². The van der Waals surface area contributed by atoms with Crippen LogP contribution in [0.2, 0.25) is 0 Å². The van der Waals surface area contributed by atoms with Gasteiger partial charge in [0, 0.05) is 17.8 Å². The zero-order valence-corrected chi connectivity index (χ0v) is 13.3. The van der Waals surface area contributed by atoms with E-state index < -0.39 is 0 Å². The predicted octanol–water partition coefficient (Wildman–Crippen LogP) is 2.62. The predicted molar refractivity (Wildman–Crippen MR) is 91.3 cm³/mol. The summed E-state index contributed by atoms with van der Waals surface area (Å²) in [5.74, 6) is 1.70. The lowest BCUT2D eigenvalue weighted by Gasteiger charge is -2.09. The molecule has 2 N–H and O–H groups in total. The molecule has 1 heterocycles. The van der Waals surface area contributed by atoms with Crippen LogP contribution in [-0.4, -0.2) is 30.2 Å². The Morgan fingerprint density at radius 3 is 2.70 bits per heavy atom. The van der Waals surface area contributed by atoms with Gasteiger partial charge in [0.15, 0.2) is 5.84 Å². The Morgan fingerprint density at radius 2 is 2.00 bits per heavy atom. The first-order chi connectivity index (χ1) is 11.2. The van der Waals surface area contributed by atoms with Crippen LogP contribution in [0, 0.1) is 0 Å². The number of nitrogens with two attached hydrogens (primary N) is 1. The lowest BCUT2D eigenvalue weighted by atomic mass is 10.2. The number of aromatic nitrogens is 1. The van der Waals surface area contributed by atoms with E-state index in [1.807, 2.05) is 44.2 Å². The molecular formula is C17H20N4O2. The fourth-order valence-corrected chi connectivity index (χ4v) is 1.88. The lowest BCUT2D eigenvalue weighted by Crippen LogP contribution is -2.14. The molecule has 2 rings (SSSR count). The Morgan fingerprint density at radius 1 is 1.17 bits per heavy atom. The molecule has 0 saturated carbocycles. The zero-order chi connectivity index (χ0) is 16.5. The smallest absolute Gasteiger partial charge is 0.171 e. The van der Waals surface area contributed by atoms with Gasteiger partial charge in [0.2, 0.25) is 0 Å². The molecule has 0 unspecified atom stereocenters. The van der Waals surface area contributed by atoms with Gasteiger partial charge in [0.1, 0.15) is 17.2 Å². The first kappa shape index (κ1) is 16.5. The van der Waals surface area contributed by atoms with Crippen LogP contribution in [0.1, 0.15) is 25.1 Å². The number of nitrogens with zero attached hydrogens (tertiary/aromatic N) is 3. The monoisotopic (exact) mass is 312 g/mol. The van der Waals surface area contributed by atoms with E-state index in [4.69, 9.17) is 15.2 Å². The maximum Gasteiger partial charge on any atom is 0.171 e. The van der Waals surface area contributed by atoms with Crippen molar-refractivity contribution in [1.82, 2.24) is 4.98 Å². The number of hydrogen-bond acceptors (Lipinski definition) is 5. The second kappa shape index (κ2) is 8.53. The molecule has 120 valence electrons. The molecule has 0 radical (unpaired) electrons. The Bertz CT molecular complexity index is 684. The normalized spacial score (nSPS) is 11.7. The molecule has 23 heavy (non-hydrogen) atoms. The molecular weight excluding hydrogens is 292 g/mol.